The first-order valence-corrected chi connectivity index (χ1v) is 6.90. The van der Waals surface area contributed by atoms with Gasteiger partial charge < -0.3 is 19.5 Å². The standard InChI is InChI=1S/C14H16ClNO5/c1-9(21-11-4-2-3-10(15)7-11)13(17)16-5-6-20-12(8-16)14(18)19/h2-4,7,9,12H,5-6,8H2,1H3,(H,18,19)/t9?,12-/m0/s1. The van der Waals surface area contributed by atoms with Crippen LogP contribution in [-0.4, -0.2) is 53.8 Å². The van der Waals surface area contributed by atoms with Crippen LogP contribution in [-0.2, 0) is 14.3 Å². The first-order valence-electron chi connectivity index (χ1n) is 6.53. The van der Waals surface area contributed by atoms with E-state index >= 15 is 0 Å². The first kappa shape index (κ1) is 15.6. The number of ether oxygens (including phenoxy) is 2. The van der Waals surface area contributed by atoms with Crippen LogP contribution in [0.5, 0.6) is 5.75 Å². The number of carboxylic acids is 1. The number of benzene rings is 1. The van der Waals surface area contributed by atoms with Crippen LogP contribution in [0, 0.1) is 0 Å². The topological polar surface area (TPSA) is 76.1 Å². The number of carbonyl (C=O) groups excluding carboxylic acids is 1. The molecular weight excluding hydrogens is 298 g/mol. The molecule has 21 heavy (non-hydrogen) atoms. The highest BCUT2D eigenvalue weighted by molar-refractivity contribution is 6.30. The van der Waals surface area contributed by atoms with Gasteiger partial charge in [-0.2, -0.15) is 0 Å². The molecular formula is C14H16ClNO5. The number of nitrogens with zero attached hydrogens (tertiary/aromatic N) is 1. The summed E-state index contributed by atoms with van der Waals surface area (Å²) in [6.45, 7) is 2.20. The van der Waals surface area contributed by atoms with Crippen molar-refractivity contribution in [1.29, 1.82) is 0 Å². The third kappa shape index (κ3) is 4.09. The van der Waals surface area contributed by atoms with E-state index in [4.69, 9.17) is 26.2 Å². The van der Waals surface area contributed by atoms with Crippen LogP contribution in [0.25, 0.3) is 0 Å². The lowest BCUT2D eigenvalue weighted by molar-refractivity contribution is -0.161. The molecule has 7 heteroatoms. The fourth-order valence-electron chi connectivity index (χ4n) is 2.05. The smallest absolute Gasteiger partial charge is 0.334 e. The van der Waals surface area contributed by atoms with Crippen LogP contribution >= 0.6 is 11.6 Å². The quantitative estimate of drug-likeness (QED) is 0.910. The molecule has 1 aromatic carbocycles. The zero-order valence-corrected chi connectivity index (χ0v) is 12.2. The number of hydrogen-bond donors (Lipinski definition) is 1. The predicted molar refractivity (Wildman–Crippen MR) is 75.5 cm³/mol. The SMILES string of the molecule is CC(Oc1cccc(Cl)c1)C(=O)N1CCO[C@H](C(=O)O)C1. The molecule has 0 aliphatic carbocycles. The van der Waals surface area contributed by atoms with E-state index in [1.165, 1.54) is 4.90 Å². The summed E-state index contributed by atoms with van der Waals surface area (Å²) in [5, 5.41) is 9.45. The molecule has 2 rings (SSSR count). The van der Waals surface area contributed by atoms with Crippen LogP contribution in [0.1, 0.15) is 6.92 Å². The summed E-state index contributed by atoms with van der Waals surface area (Å²) in [5.74, 6) is -0.855. The molecule has 1 fully saturated rings. The molecule has 0 saturated carbocycles. The summed E-state index contributed by atoms with van der Waals surface area (Å²) in [5.41, 5.74) is 0. The summed E-state index contributed by atoms with van der Waals surface area (Å²) in [7, 11) is 0. The fourth-order valence-corrected chi connectivity index (χ4v) is 2.23. The fraction of sp³-hybridized carbons (Fsp3) is 0.429. The Kier molecular flexibility index (Phi) is 5.03. The lowest BCUT2D eigenvalue weighted by atomic mass is 10.2. The summed E-state index contributed by atoms with van der Waals surface area (Å²) >= 11 is 5.85. The van der Waals surface area contributed by atoms with Crippen molar-refractivity contribution in [1.82, 2.24) is 4.90 Å². The number of carboxylic acid groups (broad SMARTS) is 1. The second-order valence-electron chi connectivity index (χ2n) is 4.70. The van der Waals surface area contributed by atoms with E-state index in [-0.39, 0.29) is 19.1 Å². The van der Waals surface area contributed by atoms with Gasteiger partial charge in [0.1, 0.15) is 5.75 Å². The van der Waals surface area contributed by atoms with Gasteiger partial charge >= 0.3 is 5.97 Å². The van der Waals surface area contributed by atoms with Crippen molar-refractivity contribution >= 4 is 23.5 Å². The zero-order valence-electron chi connectivity index (χ0n) is 11.5. The second kappa shape index (κ2) is 6.78. The van der Waals surface area contributed by atoms with E-state index in [2.05, 4.69) is 0 Å². The number of hydrogen-bond acceptors (Lipinski definition) is 4. The van der Waals surface area contributed by atoms with E-state index in [1.807, 2.05) is 0 Å². The molecule has 0 bridgehead atoms. The summed E-state index contributed by atoms with van der Waals surface area (Å²) < 4.78 is 10.6. The van der Waals surface area contributed by atoms with Gasteiger partial charge in [0.05, 0.1) is 13.2 Å². The molecule has 1 N–H and O–H groups in total. The van der Waals surface area contributed by atoms with E-state index in [0.717, 1.165) is 0 Å². The average Bonchev–Trinajstić information content (AvgIpc) is 2.46. The molecule has 1 aliphatic rings. The Balaban J connectivity index is 1.97. The highest BCUT2D eigenvalue weighted by Crippen LogP contribution is 2.19. The van der Waals surface area contributed by atoms with Crippen molar-refractivity contribution < 1.29 is 24.2 Å². The third-order valence-electron chi connectivity index (χ3n) is 3.11. The summed E-state index contributed by atoms with van der Waals surface area (Å²) in [6.07, 6.45) is -1.71. The van der Waals surface area contributed by atoms with E-state index in [9.17, 15) is 9.59 Å². The zero-order chi connectivity index (χ0) is 15.4. The van der Waals surface area contributed by atoms with Crippen LogP contribution < -0.4 is 4.74 Å². The van der Waals surface area contributed by atoms with Gasteiger partial charge in [-0.15, -0.1) is 0 Å². The Bertz CT molecular complexity index is 536. The van der Waals surface area contributed by atoms with Gasteiger partial charge in [0.15, 0.2) is 12.2 Å². The van der Waals surface area contributed by atoms with Gasteiger partial charge in [-0.3, -0.25) is 4.79 Å². The lowest BCUT2D eigenvalue weighted by Gasteiger charge is -2.32. The van der Waals surface area contributed by atoms with Crippen LogP contribution in [0.3, 0.4) is 0 Å². The molecule has 1 aliphatic heterocycles. The summed E-state index contributed by atoms with van der Waals surface area (Å²) in [4.78, 5) is 24.6. The minimum atomic E-state index is -1.07. The average molecular weight is 314 g/mol. The molecule has 114 valence electrons. The maximum Gasteiger partial charge on any atom is 0.334 e. The van der Waals surface area contributed by atoms with Crippen LogP contribution in [0.15, 0.2) is 24.3 Å². The number of halogens is 1. The molecule has 0 aromatic heterocycles. The maximum absolute atomic E-state index is 12.3. The van der Waals surface area contributed by atoms with Crippen molar-refractivity contribution in [3.05, 3.63) is 29.3 Å². The Morgan fingerprint density at radius 1 is 1.52 bits per heavy atom. The van der Waals surface area contributed by atoms with Crippen LogP contribution in [0.4, 0.5) is 0 Å². The van der Waals surface area contributed by atoms with Gasteiger partial charge in [0.25, 0.3) is 5.91 Å². The molecule has 1 amide bonds. The van der Waals surface area contributed by atoms with Crippen LogP contribution in [0.2, 0.25) is 5.02 Å². The maximum atomic E-state index is 12.3. The van der Waals surface area contributed by atoms with Gasteiger partial charge in [0.2, 0.25) is 0 Å². The Morgan fingerprint density at radius 3 is 2.95 bits per heavy atom. The monoisotopic (exact) mass is 313 g/mol. The number of amides is 1. The van der Waals surface area contributed by atoms with Crippen molar-refractivity contribution in [3.8, 4) is 5.75 Å². The lowest BCUT2D eigenvalue weighted by Crippen LogP contribution is -2.51. The normalized spacial score (nSPS) is 19.9. The molecule has 1 heterocycles. The Labute approximate surface area is 127 Å². The third-order valence-corrected chi connectivity index (χ3v) is 3.35. The number of morpholine rings is 1. The number of aliphatic carboxylic acids is 1. The van der Waals surface area contributed by atoms with Gasteiger partial charge in [0, 0.05) is 11.6 Å². The highest BCUT2D eigenvalue weighted by Gasteiger charge is 2.31. The minimum absolute atomic E-state index is 0.0252. The molecule has 6 nitrogen and oxygen atoms in total. The first-order chi connectivity index (χ1) is 9.97. The van der Waals surface area contributed by atoms with Crippen molar-refractivity contribution in [2.24, 2.45) is 0 Å². The van der Waals surface area contributed by atoms with E-state index < -0.39 is 18.2 Å². The number of rotatable bonds is 4. The van der Waals surface area contributed by atoms with Gasteiger partial charge in [-0.05, 0) is 25.1 Å². The number of carbonyl (C=O) groups is 2. The molecule has 2 atom stereocenters. The molecule has 0 radical (unpaired) electrons. The largest absolute Gasteiger partial charge is 0.481 e. The van der Waals surface area contributed by atoms with E-state index in [0.29, 0.717) is 17.3 Å². The molecule has 1 saturated heterocycles. The second-order valence-corrected chi connectivity index (χ2v) is 5.14. The highest BCUT2D eigenvalue weighted by atomic mass is 35.5. The summed E-state index contributed by atoms with van der Waals surface area (Å²) in [6, 6.07) is 6.75. The predicted octanol–water partition coefficient (Wildman–Crippen LogP) is 1.42. The van der Waals surface area contributed by atoms with Crippen molar-refractivity contribution in [3.63, 3.8) is 0 Å². The Morgan fingerprint density at radius 2 is 2.29 bits per heavy atom. The van der Waals surface area contributed by atoms with Crippen molar-refractivity contribution in [2.45, 2.75) is 19.1 Å². The minimum Gasteiger partial charge on any atom is -0.481 e. The van der Waals surface area contributed by atoms with Gasteiger partial charge in [-0.25, -0.2) is 4.79 Å². The molecule has 0 spiro atoms. The molecule has 1 aromatic rings. The van der Waals surface area contributed by atoms with E-state index in [1.54, 1.807) is 31.2 Å². The van der Waals surface area contributed by atoms with Gasteiger partial charge in [-0.1, -0.05) is 17.7 Å². The molecule has 1 unspecified atom stereocenters. The Hall–Kier alpha value is -1.79. The van der Waals surface area contributed by atoms with Crippen molar-refractivity contribution in [2.75, 3.05) is 19.7 Å².